The summed E-state index contributed by atoms with van der Waals surface area (Å²) in [4.78, 5) is 2.51. The molecule has 1 aliphatic heterocycles. The molecule has 6 heteroatoms. The van der Waals surface area contributed by atoms with Crippen molar-refractivity contribution in [2.24, 2.45) is 5.41 Å². The standard InChI is InChI=1S/C16H26N4OS/c21-10-14-17-19(15(22)20(14)13-4-5-13)12-18-9-8-16(11-18)6-2-1-3-7-16/h13,21H,1-12H2. The van der Waals surface area contributed by atoms with Crippen LogP contribution >= 0.6 is 12.2 Å². The lowest BCUT2D eigenvalue weighted by atomic mass is 9.74. The Labute approximate surface area is 136 Å². The SMILES string of the molecule is OCc1nn(CN2CCC3(CCCCC3)C2)c(=S)n1C1CC1. The van der Waals surface area contributed by atoms with E-state index < -0.39 is 0 Å². The topological polar surface area (TPSA) is 46.2 Å². The molecule has 1 spiro atoms. The Morgan fingerprint density at radius 3 is 2.64 bits per heavy atom. The second-order valence-corrected chi connectivity index (χ2v) is 7.83. The Kier molecular flexibility index (Phi) is 3.86. The highest BCUT2D eigenvalue weighted by Crippen LogP contribution is 2.43. The molecule has 0 amide bonds. The summed E-state index contributed by atoms with van der Waals surface area (Å²) < 4.78 is 4.79. The van der Waals surface area contributed by atoms with Crippen LogP contribution in [0.5, 0.6) is 0 Å². The van der Waals surface area contributed by atoms with Crippen LogP contribution in [-0.4, -0.2) is 37.4 Å². The molecule has 4 rings (SSSR count). The molecule has 122 valence electrons. The van der Waals surface area contributed by atoms with Crippen molar-refractivity contribution < 1.29 is 5.11 Å². The van der Waals surface area contributed by atoms with E-state index in [9.17, 15) is 5.11 Å². The van der Waals surface area contributed by atoms with Crippen molar-refractivity contribution in [2.75, 3.05) is 13.1 Å². The first-order valence-electron chi connectivity index (χ1n) is 8.72. The molecule has 2 heterocycles. The summed E-state index contributed by atoms with van der Waals surface area (Å²) in [6, 6.07) is 0.478. The van der Waals surface area contributed by atoms with Crippen LogP contribution < -0.4 is 0 Å². The third kappa shape index (κ3) is 2.65. The van der Waals surface area contributed by atoms with Gasteiger partial charge in [0.1, 0.15) is 6.61 Å². The zero-order valence-electron chi connectivity index (χ0n) is 13.2. The van der Waals surface area contributed by atoms with Gasteiger partial charge in [-0.1, -0.05) is 19.3 Å². The molecule has 3 fully saturated rings. The summed E-state index contributed by atoms with van der Waals surface area (Å²) >= 11 is 5.60. The summed E-state index contributed by atoms with van der Waals surface area (Å²) in [5.74, 6) is 0.735. The van der Waals surface area contributed by atoms with Gasteiger partial charge in [0.2, 0.25) is 0 Å². The minimum absolute atomic E-state index is 0.0168. The summed E-state index contributed by atoms with van der Waals surface area (Å²) in [7, 11) is 0. The van der Waals surface area contributed by atoms with Gasteiger partial charge in [0.25, 0.3) is 0 Å². The molecule has 3 aliphatic rings. The van der Waals surface area contributed by atoms with E-state index in [2.05, 4.69) is 14.6 Å². The molecular weight excluding hydrogens is 296 g/mol. The van der Waals surface area contributed by atoms with E-state index in [1.807, 2.05) is 4.68 Å². The molecule has 1 N–H and O–H groups in total. The molecule has 0 bridgehead atoms. The van der Waals surface area contributed by atoms with Crippen molar-refractivity contribution >= 4 is 12.2 Å². The Morgan fingerprint density at radius 2 is 1.95 bits per heavy atom. The summed E-state index contributed by atoms with van der Waals surface area (Å²) in [6.45, 7) is 3.12. The number of aliphatic hydroxyl groups excluding tert-OH is 1. The molecule has 0 aromatic carbocycles. The monoisotopic (exact) mass is 322 g/mol. The summed E-state index contributed by atoms with van der Waals surface area (Å²) in [5, 5.41) is 14.1. The van der Waals surface area contributed by atoms with Crippen LogP contribution in [0.4, 0.5) is 0 Å². The maximum Gasteiger partial charge on any atom is 0.199 e. The lowest BCUT2D eigenvalue weighted by Gasteiger charge is -2.33. The molecule has 22 heavy (non-hydrogen) atoms. The average Bonchev–Trinajstić information content (AvgIpc) is 3.23. The van der Waals surface area contributed by atoms with Gasteiger partial charge in [-0.15, -0.1) is 0 Å². The molecule has 1 saturated heterocycles. The summed E-state index contributed by atoms with van der Waals surface area (Å²) in [6.07, 6.45) is 10.7. The van der Waals surface area contributed by atoms with Crippen molar-refractivity contribution in [3.8, 4) is 0 Å². The lowest BCUT2D eigenvalue weighted by Crippen LogP contribution is -2.30. The lowest BCUT2D eigenvalue weighted by molar-refractivity contribution is 0.165. The van der Waals surface area contributed by atoms with Crippen molar-refractivity contribution in [3.05, 3.63) is 10.6 Å². The fourth-order valence-corrected chi connectivity index (χ4v) is 4.77. The fourth-order valence-electron chi connectivity index (χ4n) is 4.41. The van der Waals surface area contributed by atoms with Crippen LogP contribution in [0.25, 0.3) is 0 Å². The number of aliphatic hydroxyl groups is 1. The van der Waals surface area contributed by atoms with E-state index in [0.29, 0.717) is 11.5 Å². The number of aromatic nitrogens is 3. The van der Waals surface area contributed by atoms with Crippen LogP contribution in [0.15, 0.2) is 0 Å². The highest BCUT2D eigenvalue weighted by atomic mass is 32.1. The number of hydrogen-bond acceptors (Lipinski definition) is 4. The Morgan fingerprint density at radius 1 is 1.18 bits per heavy atom. The van der Waals surface area contributed by atoms with Crippen molar-refractivity contribution in [1.82, 2.24) is 19.2 Å². The van der Waals surface area contributed by atoms with Crippen LogP contribution in [0.3, 0.4) is 0 Å². The van der Waals surface area contributed by atoms with Gasteiger partial charge in [-0.05, 0) is 49.7 Å². The van der Waals surface area contributed by atoms with Gasteiger partial charge in [-0.2, -0.15) is 5.10 Å². The molecule has 1 aromatic rings. The van der Waals surface area contributed by atoms with Crippen molar-refractivity contribution in [1.29, 1.82) is 0 Å². The second kappa shape index (κ2) is 5.73. The second-order valence-electron chi connectivity index (χ2n) is 7.46. The van der Waals surface area contributed by atoms with Crippen molar-refractivity contribution in [3.63, 3.8) is 0 Å². The predicted molar refractivity (Wildman–Crippen MR) is 87.0 cm³/mol. The molecule has 0 atom stereocenters. The maximum absolute atomic E-state index is 9.54. The van der Waals surface area contributed by atoms with Gasteiger partial charge in [0, 0.05) is 19.1 Å². The predicted octanol–water partition coefficient (Wildman–Crippen LogP) is 2.85. The molecular formula is C16H26N4OS. The van der Waals surface area contributed by atoms with E-state index in [0.717, 1.165) is 23.8 Å². The van der Waals surface area contributed by atoms with E-state index >= 15 is 0 Å². The minimum Gasteiger partial charge on any atom is -0.388 e. The first-order valence-corrected chi connectivity index (χ1v) is 9.13. The van der Waals surface area contributed by atoms with Crippen molar-refractivity contribution in [2.45, 2.75) is 70.7 Å². The van der Waals surface area contributed by atoms with Gasteiger partial charge >= 0.3 is 0 Å². The van der Waals surface area contributed by atoms with Crippen LogP contribution in [0.1, 0.15) is 63.2 Å². The van der Waals surface area contributed by atoms with Gasteiger partial charge in [-0.25, -0.2) is 4.68 Å². The Balaban J connectivity index is 1.49. The highest BCUT2D eigenvalue weighted by Gasteiger charge is 2.39. The van der Waals surface area contributed by atoms with Crippen LogP contribution in [0, 0.1) is 10.2 Å². The van der Waals surface area contributed by atoms with E-state index in [4.69, 9.17) is 12.2 Å². The third-order valence-electron chi connectivity index (χ3n) is 5.76. The highest BCUT2D eigenvalue weighted by molar-refractivity contribution is 7.71. The van der Waals surface area contributed by atoms with E-state index in [1.54, 1.807) is 0 Å². The molecule has 5 nitrogen and oxygen atoms in total. The molecule has 2 saturated carbocycles. The quantitative estimate of drug-likeness (QED) is 0.866. The molecule has 2 aliphatic carbocycles. The molecule has 1 aromatic heterocycles. The fraction of sp³-hybridized carbons (Fsp3) is 0.875. The average molecular weight is 322 g/mol. The first kappa shape index (κ1) is 14.8. The smallest absolute Gasteiger partial charge is 0.199 e. The van der Waals surface area contributed by atoms with E-state index in [-0.39, 0.29) is 6.61 Å². The Hall–Kier alpha value is -0.720. The van der Waals surface area contributed by atoms with Gasteiger partial charge in [-0.3, -0.25) is 9.47 Å². The minimum atomic E-state index is -0.0168. The zero-order chi connectivity index (χ0) is 15.2. The number of nitrogens with zero attached hydrogens (tertiary/aromatic N) is 4. The van der Waals surface area contributed by atoms with Crippen LogP contribution in [-0.2, 0) is 13.3 Å². The van der Waals surface area contributed by atoms with Gasteiger partial charge < -0.3 is 5.11 Å². The maximum atomic E-state index is 9.54. The zero-order valence-corrected chi connectivity index (χ0v) is 14.0. The third-order valence-corrected chi connectivity index (χ3v) is 6.17. The summed E-state index contributed by atoms with van der Waals surface area (Å²) in [5.41, 5.74) is 0.569. The first-order chi connectivity index (χ1) is 10.7. The van der Waals surface area contributed by atoms with E-state index in [1.165, 1.54) is 57.9 Å². The number of hydrogen-bond donors (Lipinski definition) is 1. The van der Waals surface area contributed by atoms with Crippen LogP contribution in [0.2, 0.25) is 0 Å². The normalized spacial score (nSPS) is 25.1. The van der Waals surface area contributed by atoms with Gasteiger partial charge in [0.05, 0.1) is 6.67 Å². The molecule has 0 unspecified atom stereocenters. The number of likely N-dealkylation sites (tertiary alicyclic amines) is 1. The largest absolute Gasteiger partial charge is 0.388 e. The van der Waals surface area contributed by atoms with Gasteiger partial charge in [0.15, 0.2) is 10.6 Å². The Bertz CT molecular complexity index is 598. The molecule has 0 radical (unpaired) electrons. The number of rotatable bonds is 4.